The minimum absolute atomic E-state index is 0.375. The van der Waals surface area contributed by atoms with Crippen LogP contribution in [0.4, 0.5) is 0 Å². The van der Waals surface area contributed by atoms with Gasteiger partial charge in [0.25, 0.3) is 0 Å². The first-order chi connectivity index (χ1) is 6.61. The zero-order valence-electron chi connectivity index (χ0n) is 9.25. The first-order valence-electron chi connectivity index (χ1n) is 5.40. The van der Waals surface area contributed by atoms with Crippen LogP contribution in [0.3, 0.4) is 0 Å². The molecule has 0 bridgehead atoms. The van der Waals surface area contributed by atoms with E-state index in [1.807, 2.05) is 6.20 Å². The summed E-state index contributed by atoms with van der Waals surface area (Å²) >= 11 is 0. The van der Waals surface area contributed by atoms with Gasteiger partial charge in [0.1, 0.15) is 6.33 Å². The van der Waals surface area contributed by atoms with Crippen LogP contribution in [0.1, 0.15) is 50.8 Å². The normalized spacial score (nSPS) is 25.2. The maximum atomic E-state index is 4.44. The molecule has 0 saturated heterocycles. The fraction of sp³-hybridized carbons (Fsp3) is 0.667. The third-order valence-electron chi connectivity index (χ3n) is 3.67. The standard InChI is InChI=1S/C12H18N2/c1-9-11-10(7-13-8-14-11)5-4-6-12(9,2)3/h7-9H,4-6H2,1-3H3. The van der Waals surface area contributed by atoms with Crippen LogP contribution < -0.4 is 0 Å². The van der Waals surface area contributed by atoms with E-state index in [9.17, 15) is 0 Å². The second-order valence-electron chi connectivity index (χ2n) is 5.00. The van der Waals surface area contributed by atoms with Crippen molar-refractivity contribution in [3.63, 3.8) is 0 Å². The highest BCUT2D eigenvalue weighted by atomic mass is 14.8. The Kier molecular flexibility index (Phi) is 2.30. The highest BCUT2D eigenvalue weighted by Gasteiger charge is 2.31. The molecule has 0 radical (unpaired) electrons. The summed E-state index contributed by atoms with van der Waals surface area (Å²) < 4.78 is 0. The molecule has 1 aliphatic rings. The van der Waals surface area contributed by atoms with Crippen LogP contribution in [-0.4, -0.2) is 9.97 Å². The molecule has 0 spiro atoms. The van der Waals surface area contributed by atoms with Crippen molar-refractivity contribution in [2.45, 2.75) is 46.0 Å². The SMILES string of the molecule is CC1c2ncncc2CCCC1(C)C. The highest BCUT2D eigenvalue weighted by Crippen LogP contribution is 2.42. The predicted molar refractivity (Wildman–Crippen MR) is 57.2 cm³/mol. The van der Waals surface area contributed by atoms with Crippen molar-refractivity contribution in [3.8, 4) is 0 Å². The third kappa shape index (κ3) is 1.54. The fourth-order valence-corrected chi connectivity index (χ4v) is 2.27. The minimum Gasteiger partial charge on any atom is -0.245 e. The average Bonchev–Trinajstić information content (AvgIpc) is 2.27. The van der Waals surface area contributed by atoms with Gasteiger partial charge in [-0.1, -0.05) is 20.8 Å². The predicted octanol–water partition coefficient (Wildman–Crippen LogP) is 2.94. The summed E-state index contributed by atoms with van der Waals surface area (Å²) in [5.41, 5.74) is 2.99. The van der Waals surface area contributed by atoms with Crippen LogP contribution in [0, 0.1) is 5.41 Å². The lowest BCUT2D eigenvalue weighted by Gasteiger charge is -2.29. The first-order valence-corrected chi connectivity index (χ1v) is 5.40. The van der Waals surface area contributed by atoms with Crippen molar-refractivity contribution in [2.75, 3.05) is 0 Å². The van der Waals surface area contributed by atoms with Crippen molar-refractivity contribution in [1.82, 2.24) is 9.97 Å². The summed E-state index contributed by atoms with van der Waals surface area (Å²) in [5.74, 6) is 0.544. The second-order valence-corrected chi connectivity index (χ2v) is 5.00. The Morgan fingerprint density at radius 3 is 3.00 bits per heavy atom. The summed E-state index contributed by atoms with van der Waals surface area (Å²) in [6.45, 7) is 6.97. The molecule has 1 atom stereocenters. The van der Waals surface area contributed by atoms with Crippen LogP contribution in [-0.2, 0) is 6.42 Å². The third-order valence-corrected chi connectivity index (χ3v) is 3.67. The Morgan fingerprint density at radius 2 is 2.21 bits per heavy atom. The molecule has 2 nitrogen and oxygen atoms in total. The molecule has 14 heavy (non-hydrogen) atoms. The van der Waals surface area contributed by atoms with Crippen LogP contribution in [0.25, 0.3) is 0 Å². The second kappa shape index (κ2) is 3.34. The molecule has 2 rings (SSSR count). The highest BCUT2D eigenvalue weighted by molar-refractivity contribution is 5.23. The zero-order valence-corrected chi connectivity index (χ0v) is 9.25. The molecular formula is C12H18N2. The van der Waals surface area contributed by atoms with Gasteiger partial charge >= 0.3 is 0 Å². The minimum atomic E-state index is 0.375. The van der Waals surface area contributed by atoms with E-state index < -0.39 is 0 Å². The molecular weight excluding hydrogens is 172 g/mol. The number of aromatic nitrogens is 2. The van der Waals surface area contributed by atoms with Gasteiger partial charge in [-0.25, -0.2) is 9.97 Å². The molecule has 1 aromatic rings. The van der Waals surface area contributed by atoms with Gasteiger partial charge in [0, 0.05) is 12.1 Å². The van der Waals surface area contributed by atoms with E-state index in [0.717, 1.165) is 6.42 Å². The van der Waals surface area contributed by atoms with E-state index in [-0.39, 0.29) is 0 Å². The Hall–Kier alpha value is -0.920. The van der Waals surface area contributed by atoms with E-state index in [1.165, 1.54) is 24.1 Å². The zero-order chi connectivity index (χ0) is 10.2. The molecule has 1 heterocycles. The molecule has 0 amide bonds. The Labute approximate surface area is 85.8 Å². The molecule has 2 heteroatoms. The smallest absolute Gasteiger partial charge is 0.115 e. The molecule has 0 aromatic carbocycles. The lowest BCUT2D eigenvalue weighted by atomic mass is 9.76. The van der Waals surface area contributed by atoms with Gasteiger partial charge in [0.05, 0.1) is 5.69 Å². The fourth-order valence-electron chi connectivity index (χ4n) is 2.27. The number of rotatable bonds is 0. The van der Waals surface area contributed by atoms with Crippen LogP contribution in [0.5, 0.6) is 0 Å². The summed E-state index contributed by atoms with van der Waals surface area (Å²) in [7, 11) is 0. The molecule has 0 N–H and O–H groups in total. The summed E-state index contributed by atoms with van der Waals surface area (Å²) in [6.07, 6.45) is 7.35. The Bertz CT molecular complexity index is 331. The van der Waals surface area contributed by atoms with Crippen molar-refractivity contribution in [2.24, 2.45) is 5.41 Å². The number of nitrogens with zero attached hydrogens (tertiary/aromatic N) is 2. The molecule has 0 fully saturated rings. The molecule has 0 saturated carbocycles. The number of hydrogen-bond acceptors (Lipinski definition) is 2. The number of fused-ring (bicyclic) bond motifs is 1. The maximum Gasteiger partial charge on any atom is 0.115 e. The first kappa shape index (κ1) is 9.63. The lowest BCUT2D eigenvalue weighted by Crippen LogP contribution is -2.19. The van der Waals surface area contributed by atoms with E-state index >= 15 is 0 Å². The Morgan fingerprint density at radius 1 is 1.43 bits per heavy atom. The number of hydrogen-bond donors (Lipinski definition) is 0. The van der Waals surface area contributed by atoms with Gasteiger partial charge in [-0.3, -0.25) is 0 Å². The monoisotopic (exact) mass is 190 g/mol. The van der Waals surface area contributed by atoms with Gasteiger partial charge in [-0.15, -0.1) is 0 Å². The Balaban J connectivity index is 2.45. The van der Waals surface area contributed by atoms with Crippen molar-refractivity contribution in [3.05, 3.63) is 23.8 Å². The van der Waals surface area contributed by atoms with Gasteiger partial charge in [-0.2, -0.15) is 0 Å². The molecule has 0 aliphatic heterocycles. The quantitative estimate of drug-likeness (QED) is 0.588. The molecule has 1 aromatic heterocycles. The van der Waals surface area contributed by atoms with E-state index in [2.05, 4.69) is 30.7 Å². The van der Waals surface area contributed by atoms with E-state index in [4.69, 9.17) is 0 Å². The van der Waals surface area contributed by atoms with E-state index in [0.29, 0.717) is 11.3 Å². The summed E-state index contributed by atoms with van der Waals surface area (Å²) in [5, 5.41) is 0. The van der Waals surface area contributed by atoms with Crippen molar-refractivity contribution in [1.29, 1.82) is 0 Å². The van der Waals surface area contributed by atoms with Crippen molar-refractivity contribution >= 4 is 0 Å². The summed E-state index contributed by atoms with van der Waals surface area (Å²) in [6, 6.07) is 0. The molecule has 1 unspecified atom stereocenters. The van der Waals surface area contributed by atoms with Crippen LogP contribution in [0.2, 0.25) is 0 Å². The van der Waals surface area contributed by atoms with Crippen LogP contribution >= 0.6 is 0 Å². The topological polar surface area (TPSA) is 25.8 Å². The van der Waals surface area contributed by atoms with Gasteiger partial charge in [0.2, 0.25) is 0 Å². The summed E-state index contributed by atoms with van der Waals surface area (Å²) in [4.78, 5) is 8.56. The average molecular weight is 190 g/mol. The molecule has 76 valence electrons. The van der Waals surface area contributed by atoms with Crippen molar-refractivity contribution < 1.29 is 0 Å². The largest absolute Gasteiger partial charge is 0.245 e. The lowest BCUT2D eigenvalue weighted by molar-refractivity contribution is 0.274. The maximum absolute atomic E-state index is 4.44. The number of aryl methyl sites for hydroxylation is 1. The van der Waals surface area contributed by atoms with Gasteiger partial charge < -0.3 is 0 Å². The molecule has 1 aliphatic carbocycles. The van der Waals surface area contributed by atoms with Gasteiger partial charge in [0.15, 0.2) is 0 Å². The van der Waals surface area contributed by atoms with Gasteiger partial charge in [-0.05, 0) is 30.2 Å². The van der Waals surface area contributed by atoms with Crippen LogP contribution in [0.15, 0.2) is 12.5 Å². The van der Waals surface area contributed by atoms with E-state index in [1.54, 1.807) is 6.33 Å².